The molecule has 1 aliphatic rings. The lowest BCUT2D eigenvalue weighted by Gasteiger charge is -2.01. The summed E-state index contributed by atoms with van der Waals surface area (Å²) in [6.45, 7) is 1.63. The molecule has 0 bridgehead atoms. The van der Waals surface area contributed by atoms with E-state index in [0.717, 1.165) is 11.6 Å². The Bertz CT molecular complexity index is 331. The van der Waals surface area contributed by atoms with Crippen molar-refractivity contribution >= 4 is 0 Å². The second-order valence-electron chi connectivity index (χ2n) is 4.33. The molecular formula is C11H20N4O. The van der Waals surface area contributed by atoms with Crippen LogP contribution in [0.15, 0.2) is 0 Å². The van der Waals surface area contributed by atoms with Gasteiger partial charge in [0.1, 0.15) is 6.61 Å². The van der Waals surface area contributed by atoms with Crippen LogP contribution in [0.1, 0.15) is 43.3 Å². The van der Waals surface area contributed by atoms with Crippen molar-refractivity contribution in [1.82, 2.24) is 14.8 Å². The highest BCUT2D eigenvalue weighted by Gasteiger charge is 2.22. The van der Waals surface area contributed by atoms with Gasteiger partial charge < -0.3 is 10.5 Å². The molecule has 0 aliphatic heterocycles. The maximum absolute atomic E-state index is 5.38. The van der Waals surface area contributed by atoms with E-state index in [4.69, 9.17) is 10.5 Å². The zero-order valence-electron chi connectivity index (χ0n) is 9.85. The molecule has 1 aromatic heterocycles. The van der Waals surface area contributed by atoms with Crippen LogP contribution in [0.5, 0.6) is 0 Å². The minimum Gasteiger partial charge on any atom is -0.372 e. The van der Waals surface area contributed by atoms with E-state index in [9.17, 15) is 0 Å². The minimum absolute atomic E-state index is 0.507. The smallest absolute Gasteiger partial charge is 0.154 e. The Balaban J connectivity index is 1.97. The molecule has 0 spiro atoms. The number of rotatable bonds is 5. The molecule has 1 aliphatic carbocycles. The topological polar surface area (TPSA) is 66.0 Å². The molecule has 0 amide bonds. The first kappa shape index (κ1) is 11.5. The van der Waals surface area contributed by atoms with E-state index in [1.54, 1.807) is 0 Å². The average Bonchev–Trinajstić information content (AvgIpc) is 2.88. The molecule has 1 saturated carbocycles. The van der Waals surface area contributed by atoms with Crippen molar-refractivity contribution in [2.75, 3.05) is 13.2 Å². The molecule has 0 radical (unpaired) electrons. The van der Waals surface area contributed by atoms with E-state index in [1.807, 2.05) is 11.7 Å². The van der Waals surface area contributed by atoms with Gasteiger partial charge in [-0.25, -0.2) is 4.98 Å². The fraction of sp³-hybridized carbons (Fsp3) is 0.818. The molecule has 1 aromatic rings. The quantitative estimate of drug-likeness (QED) is 0.756. The van der Waals surface area contributed by atoms with E-state index in [1.165, 1.54) is 25.7 Å². The molecule has 5 heteroatoms. The van der Waals surface area contributed by atoms with E-state index >= 15 is 0 Å². The Labute approximate surface area is 96.0 Å². The standard InChI is InChI=1S/C11H20N4O/c1-15-10(8-16-7-6-12)13-11(14-15)9-4-2-3-5-9/h9H,2-8,12H2,1H3. The molecule has 5 nitrogen and oxygen atoms in total. The second kappa shape index (κ2) is 5.41. The average molecular weight is 224 g/mol. The molecule has 2 N–H and O–H groups in total. The van der Waals surface area contributed by atoms with Crippen LogP contribution in [0.2, 0.25) is 0 Å². The number of hydrogen-bond acceptors (Lipinski definition) is 4. The molecule has 1 fully saturated rings. The highest BCUT2D eigenvalue weighted by Crippen LogP contribution is 2.32. The molecular weight excluding hydrogens is 204 g/mol. The Kier molecular flexibility index (Phi) is 3.90. The molecule has 0 saturated heterocycles. The van der Waals surface area contributed by atoms with Gasteiger partial charge in [-0.15, -0.1) is 0 Å². The van der Waals surface area contributed by atoms with Crippen molar-refractivity contribution in [2.24, 2.45) is 12.8 Å². The van der Waals surface area contributed by atoms with Crippen molar-refractivity contribution in [3.63, 3.8) is 0 Å². The van der Waals surface area contributed by atoms with Crippen LogP contribution in [0.3, 0.4) is 0 Å². The van der Waals surface area contributed by atoms with Crippen LogP contribution in [-0.4, -0.2) is 27.9 Å². The number of hydrogen-bond donors (Lipinski definition) is 1. The van der Waals surface area contributed by atoms with E-state index in [0.29, 0.717) is 25.7 Å². The fourth-order valence-electron chi connectivity index (χ4n) is 2.17. The SMILES string of the molecule is Cn1nc(C2CCCC2)nc1COCCN. The van der Waals surface area contributed by atoms with Gasteiger partial charge in [0.25, 0.3) is 0 Å². The van der Waals surface area contributed by atoms with Crippen LogP contribution >= 0.6 is 0 Å². The zero-order valence-corrected chi connectivity index (χ0v) is 9.85. The summed E-state index contributed by atoms with van der Waals surface area (Å²) >= 11 is 0. The van der Waals surface area contributed by atoms with E-state index in [2.05, 4.69) is 10.1 Å². The molecule has 0 atom stereocenters. The number of aryl methyl sites for hydroxylation is 1. The van der Waals surface area contributed by atoms with Crippen molar-refractivity contribution in [3.05, 3.63) is 11.6 Å². The first-order chi connectivity index (χ1) is 7.81. The zero-order chi connectivity index (χ0) is 11.4. The molecule has 1 heterocycles. The van der Waals surface area contributed by atoms with Gasteiger partial charge in [0, 0.05) is 19.5 Å². The summed E-state index contributed by atoms with van der Waals surface area (Å²) in [5, 5.41) is 4.47. The number of nitrogens with zero attached hydrogens (tertiary/aromatic N) is 3. The third kappa shape index (κ3) is 2.59. The van der Waals surface area contributed by atoms with Crippen LogP contribution in [0.4, 0.5) is 0 Å². The number of nitrogens with two attached hydrogens (primary N) is 1. The summed E-state index contributed by atoms with van der Waals surface area (Å²) in [7, 11) is 1.92. The number of aromatic nitrogens is 3. The Morgan fingerprint density at radius 2 is 2.19 bits per heavy atom. The first-order valence-electron chi connectivity index (χ1n) is 5.99. The maximum Gasteiger partial charge on any atom is 0.154 e. The summed E-state index contributed by atoms with van der Waals surface area (Å²) < 4.78 is 7.20. The highest BCUT2D eigenvalue weighted by atomic mass is 16.5. The van der Waals surface area contributed by atoms with Gasteiger partial charge in [-0.1, -0.05) is 12.8 Å². The predicted molar refractivity (Wildman–Crippen MR) is 60.9 cm³/mol. The van der Waals surface area contributed by atoms with Crippen LogP contribution < -0.4 is 5.73 Å². The van der Waals surface area contributed by atoms with Gasteiger partial charge in [-0.2, -0.15) is 5.10 Å². The maximum atomic E-state index is 5.38. The lowest BCUT2D eigenvalue weighted by Crippen LogP contribution is -2.10. The van der Waals surface area contributed by atoms with Gasteiger partial charge in [-0.05, 0) is 12.8 Å². The van der Waals surface area contributed by atoms with Gasteiger partial charge in [0.15, 0.2) is 11.6 Å². The first-order valence-corrected chi connectivity index (χ1v) is 5.99. The van der Waals surface area contributed by atoms with Gasteiger partial charge >= 0.3 is 0 Å². The fourth-order valence-corrected chi connectivity index (χ4v) is 2.17. The van der Waals surface area contributed by atoms with Crippen LogP contribution in [-0.2, 0) is 18.4 Å². The summed E-state index contributed by atoms with van der Waals surface area (Å²) in [5.41, 5.74) is 5.37. The monoisotopic (exact) mass is 224 g/mol. The summed E-state index contributed by atoms with van der Waals surface area (Å²) in [6.07, 6.45) is 5.07. The molecule has 0 unspecified atom stereocenters. The summed E-state index contributed by atoms with van der Waals surface area (Å²) in [6, 6.07) is 0. The van der Waals surface area contributed by atoms with Crippen LogP contribution in [0.25, 0.3) is 0 Å². The Morgan fingerprint density at radius 3 is 2.88 bits per heavy atom. The van der Waals surface area contributed by atoms with Gasteiger partial charge in [0.2, 0.25) is 0 Å². The Morgan fingerprint density at radius 1 is 1.44 bits per heavy atom. The Hall–Kier alpha value is -0.940. The van der Waals surface area contributed by atoms with Gasteiger partial charge in [0.05, 0.1) is 6.61 Å². The normalized spacial score (nSPS) is 17.1. The summed E-state index contributed by atoms with van der Waals surface area (Å²) in [5.74, 6) is 2.45. The lowest BCUT2D eigenvalue weighted by molar-refractivity contribution is 0.120. The van der Waals surface area contributed by atoms with E-state index < -0.39 is 0 Å². The minimum atomic E-state index is 0.507. The second-order valence-corrected chi connectivity index (χ2v) is 4.33. The van der Waals surface area contributed by atoms with Crippen LogP contribution in [0, 0.1) is 0 Å². The van der Waals surface area contributed by atoms with E-state index in [-0.39, 0.29) is 0 Å². The van der Waals surface area contributed by atoms with Crippen molar-refractivity contribution in [3.8, 4) is 0 Å². The largest absolute Gasteiger partial charge is 0.372 e. The molecule has 2 rings (SSSR count). The van der Waals surface area contributed by atoms with Crippen molar-refractivity contribution in [1.29, 1.82) is 0 Å². The number of ether oxygens (including phenoxy) is 1. The lowest BCUT2D eigenvalue weighted by atomic mass is 10.1. The van der Waals surface area contributed by atoms with Crippen molar-refractivity contribution < 1.29 is 4.74 Å². The van der Waals surface area contributed by atoms with Crippen molar-refractivity contribution in [2.45, 2.75) is 38.2 Å². The predicted octanol–water partition coefficient (Wildman–Crippen LogP) is 0.948. The molecule has 16 heavy (non-hydrogen) atoms. The third-order valence-corrected chi connectivity index (χ3v) is 3.08. The van der Waals surface area contributed by atoms with Gasteiger partial charge in [-0.3, -0.25) is 4.68 Å². The summed E-state index contributed by atoms with van der Waals surface area (Å²) in [4.78, 5) is 4.55. The third-order valence-electron chi connectivity index (χ3n) is 3.08. The highest BCUT2D eigenvalue weighted by molar-refractivity contribution is 5.00. The molecule has 0 aromatic carbocycles. The molecule has 90 valence electrons.